The minimum atomic E-state index is -4.96. The molecule has 0 bridgehead atoms. The summed E-state index contributed by atoms with van der Waals surface area (Å²) >= 11 is 5.66. The Bertz CT molecular complexity index is 1120. The van der Waals surface area contributed by atoms with E-state index in [0.717, 1.165) is 18.2 Å². The van der Waals surface area contributed by atoms with Gasteiger partial charge in [0.2, 0.25) is 5.82 Å². The van der Waals surface area contributed by atoms with Gasteiger partial charge in [0, 0.05) is 6.07 Å². The number of aromatic nitrogens is 2. The summed E-state index contributed by atoms with van der Waals surface area (Å²) < 4.78 is 97.2. The standard InChI is InChI=1S/C17H8ClF7N2O3/c18-9-3-7(16(20,21)22)4-10(19)14(9)30-8-1-2-11-12(5-8)27(6-13(28)29)15(26-11)17(23,24)25/h1-5H,6H2,(H,28,29). The lowest BCUT2D eigenvalue weighted by molar-refractivity contribution is -0.149. The fraction of sp³-hybridized carbons (Fsp3) is 0.176. The second-order valence-electron chi connectivity index (χ2n) is 5.93. The maximum Gasteiger partial charge on any atom is 0.449 e. The summed E-state index contributed by atoms with van der Waals surface area (Å²) in [4.78, 5) is 14.3. The Balaban J connectivity index is 2.07. The van der Waals surface area contributed by atoms with Crippen molar-refractivity contribution in [2.24, 2.45) is 0 Å². The van der Waals surface area contributed by atoms with E-state index in [1.807, 2.05) is 0 Å². The molecule has 0 amide bonds. The lowest BCUT2D eigenvalue weighted by Crippen LogP contribution is -2.18. The highest BCUT2D eigenvalue weighted by atomic mass is 35.5. The quantitative estimate of drug-likeness (QED) is 0.508. The van der Waals surface area contributed by atoms with E-state index in [1.165, 1.54) is 0 Å². The van der Waals surface area contributed by atoms with E-state index >= 15 is 0 Å². The lowest BCUT2D eigenvalue weighted by atomic mass is 10.2. The topological polar surface area (TPSA) is 64.3 Å². The van der Waals surface area contributed by atoms with Crippen molar-refractivity contribution >= 4 is 28.6 Å². The number of carboxylic acids is 1. The summed E-state index contributed by atoms with van der Waals surface area (Å²) in [6.07, 6.45) is -9.82. The van der Waals surface area contributed by atoms with Crippen molar-refractivity contribution in [2.45, 2.75) is 18.9 Å². The average Bonchev–Trinajstić information content (AvgIpc) is 2.95. The Morgan fingerprint density at radius 3 is 2.30 bits per heavy atom. The predicted octanol–water partition coefficient (Wildman–Crippen LogP) is 5.74. The summed E-state index contributed by atoms with van der Waals surface area (Å²) in [6.45, 7) is -1.08. The van der Waals surface area contributed by atoms with Gasteiger partial charge in [0.1, 0.15) is 12.3 Å². The molecular weight excluding hydrogens is 449 g/mol. The van der Waals surface area contributed by atoms with Crippen LogP contribution >= 0.6 is 11.6 Å². The highest BCUT2D eigenvalue weighted by Crippen LogP contribution is 2.39. The average molecular weight is 457 g/mol. The number of rotatable bonds is 4. The second kappa shape index (κ2) is 7.35. The SMILES string of the molecule is O=C(O)Cn1c(C(F)(F)F)nc2ccc(Oc3c(F)cc(C(F)(F)F)cc3Cl)cc21. The summed E-state index contributed by atoms with van der Waals surface area (Å²) in [7, 11) is 0. The molecule has 0 saturated carbocycles. The fourth-order valence-electron chi connectivity index (χ4n) is 2.62. The Morgan fingerprint density at radius 2 is 1.77 bits per heavy atom. The number of aliphatic carboxylic acids is 1. The van der Waals surface area contributed by atoms with Gasteiger partial charge in [0.05, 0.1) is 21.6 Å². The van der Waals surface area contributed by atoms with Gasteiger partial charge in [0.25, 0.3) is 0 Å². The van der Waals surface area contributed by atoms with Crippen LogP contribution in [0, 0.1) is 5.82 Å². The molecule has 0 radical (unpaired) electrons. The number of fused-ring (bicyclic) bond motifs is 1. The highest BCUT2D eigenvalue weighted by Gasteiger charge is 2.38. The van der Waals surface area contributed by atoms with E-state index in [2.05, 4.69) is 4.98 Å². The zero-order valence-electron chi connectivity index (χ0n) is 14.3. The zero-order valence-corrected chi connectivity index (χ0v) is 15.0. The van der Waals surface area contributed by atoms with Gasteiger partial charge in [-0.1, -0.05) is 11.6 Å². The second-order valence-corrected chi connectivity index (χ2v) is 6.34. The molecule has 0 unspecified atom stereocenters. The van der Waals surface area contributed by atoms with E-state index in [-0.39, 0.29) is 22.8 Å². The molecule has 3 aromatic rings. The molecule has 2 aromatic carbocycles. The largest absolute Gasteiger partial charge is 0.480 e. The van der Waals surface area contributed by atoms with E-state index in [1.54, 1.807) is 0 Å². The lowest BCUT2D eigenvalue weighted by Gasteiger charge is -2.13. The molecule has 0 spiro atoms. The molecule has 13 heteroatoms. The van der Waals surface area contributed by atoms with Gasteiger partial charge in [0.15, 0.2) is 11.6 Å². The van der Waals surface area contributed by atoms with E-state index in [9.17, 15) is 35.5 Å². The third kappa shape index (κ3) is 4.27. The number of hydrogen-bond donors (Lipinski definition) is 1. The van der Waals surface area contributed by atoms with E-state index in [0.29, 0.717) is 10.6 Å². The van der Waals surface area contributed by atoms with Crippen molar-refractivity contribution in [1.82, 2.24) is 9.55 Å². The number of nitrogens with zero attached hydrogens (tertiary/aromatic N) is 2. The zero-order chi connectivity index (χ0) is 22.4. The monoisotopic (exact) mass is 456 g/mol. The summed E-state index contributed by atoms with van der Waals surface area (Å²) in [5.74, 6) is -5.60. The number of halogens is 8. The van der Waals surface area contributed by atoms with Gasteiger partial charge in [-0.2, -0.15) is 26.3 Å². The molecule has 0 aliphatic rings. The third-order valence-electron chi connectivity index (χ3n) is 3.81. The van der Waals surface area contributed by atoms with Crippen LogP contribution in [0.5, 0.6) is 11.5 Å². The van der Waals surface area contributed by atoms with Crippen LogP contribution in [0.25, 0.3) is 11.0 Å². The van der Waals surface area contributed by atoms with Crippen molar-refractivity contribution in [3.63, 3.8) is 0 Å². The molecule has 160 valence electrons. The molecule has 0 aliphatic carbocycles. The van der Waals surface area contributed by atoms with Gasteiger partial charge >= 0.3 is 18.3 Å². The first-order valence-corrected chi connectivity index (χ1v) is 8.18. The first kappa shape index (κ1) is 21.7. The molecule has 0 atom stereocenters. The Labute approximate surface area is 167 Å². The smallest absolute Gasteiger partial charge is 0.449 e. The van der Waals surface area contributed by atoms with Crippen molar-refractivity contribution in [3.05, 3.63) is 52.6 Å². The van der Waals surface area contributed by atoms with Crippen LogP contribution in [0.3, 0.4) is 0 Å². The normalized spacial score (nSPS) is 12.4. The van der Waals surface area contributed by atoms with Crippen molar-refractivity contribution < 1.29 is 45.4 Å². The minimum absolute atomic E-state index is 0.149. The molecule has 0 saturated heterocycles. The Morgan fingerprint density at radius 1 is 1.10 bits per heavy atom. The van der Waals surface area contributed by atoms with Gasteiger partial charge in [-0.15, -0.1) is 0 Å². The maximum absolute atomic E-state index is 14.1. The van der Waals surface area contributed by atoms with Crippen molar-refractivity contribution in [2.75, 3.05) is 0 Å². The first-order valence-electron chi connectivity index (χ1n) is 7.80. The van der Waals surface area contributed by atoms with Gasteiger partial charge in [-0.3, -0.25) is 4.79 Å². The molecule has 0 aliphatic heterocycles. The van der Waals surface area contributed by atoms with Gasteiger partial charge in [-0.05, 0) is 24.3 Å². The molecule has 5 nitrogen and oxygen atoms in total. The molecular formula is C17H8ClF7N2O3. The van der Waals surface area contributed by atoms with E-state index in [4.69, 9.17) is 21.4 Å². The first-order chi connectivity index (χ1) is 13.8. The molecule has 1 aromatic heterocycles. The molecule has 0 fully saturated rings. The number of hydrogen-bond acceptors (Lipinski definition) is 3. The Kier molecular flexibility index (Phi) is 5.31. The number of imidazole rings is 1. The van der Waals surface area contributed by atoms with Crippen LogP contribution in [0.2, 0.25) is 5.02 Å². The van der Waals surface area contributed by atoms with Crippen LogP contribution in [0.15, 0.2) is 30.3 Å². The maximum atomic E-state index is 14.1. The van der Waals surface area contributed by atoms with Gasteiger partial charge in [-0.25, -0.2) is 9.37 Å². The number of carbonyl (C=O) groups is 1. The van der Waals surface area contributed by atoms with Crippen LogP contribution in [-0.2, 0) is 23.7 Å². The van der Waals surface area contributed by atoms with Crippen LogP contribution < -0.4 is 4.74 Å². The molecule has 1 N–H and O–H groups in total. The molecule has 30 heavy (non-hydrogen) atoms. The van der Waals surface area contributed by atoms with Crippen LogP contribution in [0.4, 0.5) is 30.7 Å². The van der Waals surface area contributed by atoms with Crippen LogP contribution in [-0.4, -0.2) is 20.6 Å². The number of ether oxygens (including phenoxy) is 1. The molecule has 1 heterocycles. The fourth-order valence-corrected chi connectivity index (χ4v) is 2.86. The summed E-state index contributed by atoms with van der Waals surface area (Å²) in [6, 6.07) is 3.64. The Hall–Kier alpha value is -3.02. The van der Waals surface area contributed by atoms with E-state index < -0.39 is 52.8 Å². The van der Waals surface area contributed by atoms with Gasteiger partial charge < -0.3 is 14.4 Å². The van der Waals surface area contributed by atoms with Crippen molar-refractivity contribution in [1.29, 1.82) is 0 Å². The number of alkyl halides is 6. The third-order valence-corrected chi connectivity index (χ3v) is 4.09. The highest BCUT2D eigenvalue weighted by molar-refractivity contribution is 6.32. The molecule has 3 rings (SSSR count). The van der Waals surface area contributed by atoms with Crippen LogP contribution in [0.1, 0.15) is 11.4 Å². The van der Waals surface area contributed by atoms with Crippen molar-refractivity contribution in [3.8, 4) is 11.5 Å². The number of carboxylic acid groups (broad SMARTS) is 1. The summed E-state index contributed by atoms with van der Waals surface area (Å²) in [5.41, 5.74) is -1.89. The minimum Gasteiger partial charge on any atom is -0.480 e. The predicted molar refractivity (Wildman–Crippen MR) is 88.9 cm³/mol. The number of benzene rings is 2. The summed E-state index contributed by atoms with van der Waals surface area (Å²) in [5, 5.41) is 8.17.